The lowest BCUT2D eigenvalue weighted by Gasteiger charge is -2.13. The Morgan fingerprint density at radius 3 is 1.78 bits per heavy atom. The molecule has 0 atom stereocenters. The summed E-state index contributed by atoms with van der Waals surface area (Å²) in [5, 5.41) is 8.84. The maximum absolute atomic E-state index is 9.74. The first-order valence-corrected chi connectivity index (χ1v) is 19.9. The van der Waals surface area contributed by atoms with Gasteiger partial charge in [0.15, 0.2) is 17.5 Å². The molecule has 0 amide bonds. The van der Waals surface area contributed by atoms with Gasteiger partial charge in [0.05, 0.1) is 8.22 Å². The molecule has 0 N–H and O–H groups in total. The van der Waals surface area contributed by atoms with Gasteiger partial charge >= 0.3 is 0 Å². The molecule has 58 heavy (non-hydrogen) atoms. The van der Waals surface area contributed by atoms with Crippen molar-refractivity contribution in [1.29, 1.82) is 0 Å². The number of benzene rings is 9. The molecule has 5 heteroatoms. The van der Waals surface area contributed by atoms with Crippen molar-refractivity contribution in [3.63, 3.8) is 0 Å². The van der Waals surface area contributed by atoms with Crippen molar-refractivity contribution in [2.75, 3.05) is 0 Å². The molecule has 9 aromatic carbocycles. The van der Waals surface area contributed by atoms with Crippen LogP contribution in [0.4, 0.5) is 0 Å². The number of nitrogens with zero attached hydrogens (tertiary/aromatic N) is 3. The lowest BCUT2D eigenvalue weighted by Crippen LogP contribution is -2.00. The quantitative estimate of drug-likeness (QED) is 0.167. The Kier molecular flexibility index (Phi) is 5.98. The van der Waals surface area contributed by atoms with Crippen molar-refractivity contribution in [2.24, 2.45) is 0 Å². The highest BCUT2D eigenvalue weighted by atomic mass is 32.1. The van der Waals surface area contributed by atoms with E-state index in [1.54, 1.807) is 6.07 Å². The van der Waals surface area contributed by atoms with E-state index in [1.165, 1.54) is 5.39 Å². The highest BCUT2D eigenvalue weighted by molar-refractivity contribution is 7.25. The Morgan fingerprint density at radius 2 is 1.03 bits per heavy atom. The fourth-order valence-electron chi connectivity index (χ4n) is 8.48. The number of hydrogen-bond acceptors (Lipinski definition) is 5. The summed E-state index contributed by atoms with van der Waals surface area (Å²) in [5.74, 6) is 0.786. The van der Waals surface area contributed by atoms with Gasteiger partial charge in [-0.25, -0.2) is 15.0 Å². The molecule has 0 unspecified atom stereocenters. The largest absolute Gasteiger partial charge is 0.455 e. The Morgan fingerprint density at radius 1 is 0.431 bits per heavy atom. The van der Waals surface area contributed by atoms with Gasteiger partial charge in [-0.1, -0.05) is 132 Å². The maximum Gasteiger partial charge on any atom is 0.164 e. The van der Waals surface area contributed by atoms with Gasteiger partial charge < -0.3 is 4.42 Å². The van der Waals surface area contributed by atoms with E-state index < -0.39 is 0 Å². The van der Waals surface area contributed by atoms with Crippen LogP contribution in [0.2, 0.25) is 0 Å². The number of fused-ring (bicyclic) bond motifs is 12. The van der Waals surface area contributed by atoms with Crippen molar-refractivity contribution in [1.82, 2.24) is 15.0 Å². The lowest BCUT2D eigenvalue weighted by atomic mass is 9.93. The first-order chi connectivity index (χ1) is 31.0. The zero-order valence-electron chi connectivity index (χ0n) is 37.3. The van der Waals surface area contributed by atoms with Crippen LogP contribution in [0.1, 0.15) is 19.4 Å². The molecule has 12 rings (SSSR count). The number of aryl methyl sites for hydroxylation is 2. The molecule has 0 spiro atoms. The SMILES string of the molecule is [2H]c1c(-c2cccc3c2oc2ccccc23)c([2H])c2c(sc3c([2H])c(-c4nc(-c5cc(C)cc(C)c5)nc(-c5ccc6c7ccccc7c7ccccc7c6c5)n4)c([2H])c([2H])c32)c1[2H]. The molecule has 0 aliphatic carbocycles. The van der Waals surface area contributed by atoms with Crippen molar-refractivity contribution in [3.8, 4) is 45.3 Å². The topological polar surface area (TPSA) is 51.8 Å². The van der Waals surface area contributed by atoms with Gasteiger partial charge in [0.25, 0.3) is 0 Å². The molecule has 0 radical (unpaired) electrons. The zero-order chi connectivity index (χ0) is 43.7. The Bertz CT molecular complexity index is 3970. The molecular weight excluding hydrogens is 727 g/mol. The van der Waals surface area contributed by atoms with Crippen LogP contribution >= 0.6 is 11.3 Å². The van der Waals surface area contributed by atoms with E-state index in [4.69, 9.17) is 19.4 Å². The van der Waals surface area contributed by atoms with Gasteiger partial charge in [-0.2, -0.15) is 0 Å². The molecule has 4 nitrogen and oxygen atoms in total. The van der Waals surface area contributed by atoms with E-state index in [2.05, 4.69) is 48.5 Å². The van der Waals surface area contributed by atoms with E-state index in [0.29, 0.717) is 37.8 Å². The number of furan rings is 1. The zero-order valence-corrected chi connectivity index (χ0v) is 32.1. The van der Waals surface area contributed by atoms with Crippen LogP contribution in [0.3, 0.4) is 0 Å². The second-order valence-electron chi connectivity index (χ2n) is 14.8. The Balaban J connectivity index is 1.10. The van der Waals surface area contributed by atoms with Gasteiger partial charge in [0.1, 0.15) is 11.2 Å². The van der Waals surface area contributed by atoms with Crippen LogP contribution in [0.15, 0.2) is 168 Å². The average molecular weight is 766 g/mol. The molecule has 0 fully saturated rings. The fraction of sp³-hybridized carbons (Fsp3) is 0.0377. The maximum atomic E-state index is 9.74. The molecule has 0 saturated heterocycles. The van der Waals surface area contributed by atoms with Crippen molar-refractivity contribution >= 4 is 85.8 Å². The van der Waals surface area contributed by atoms with Gasteiger partial charge in [-0.15, -0.1) is 11.3 Å². The molecule has 0 bridgehead atoms. The standard InChI is InChI=1S/C53H33N3OS/c1-30-24-31(2)26-35(25-30)53-55-51(33-18-21-41-39-12-4-3-10-37(39)38-11-5-6-13-40(38)45(41)28-33)54-52(56-53)34-19-22-43-46-27-32(20-23-48(46)58-49(43)29-34)36-15-9-16-44-42-14-7-8-17-47(42)57-50(36)44/h3-29H,1-2H3/i19D,20D,22D,23D,27D,29D. The minimum absolute atomic E-state index is 0.0481. The summed E-state index contributed by atoms with van der Waals surface area (Å²) >= 11 is 1.08. The number of hydrogen-bond donors (Lipinski definition) is 0. The second kappa shape index (κ2) is 12.7. The molecule has 0 aliphatic heterocycles. The predicted molar refractivity (Wildman–Crippen MR) is 244 cm³/mol. The first-order valence-electron chi connectivity index (χ1n) is 22.1. The number of rotatable bonds is 4. The molecule has 0 aliphatic rings. The van der Waals surface area contributed by atoms with E-state index in [1.807, 2.05) is 86.6 Å². The lowest BCUT2D eigenvalue weighted by molar-refractivity contribution is 0.670. The van der Waals surface area contributed by atoms with Crippen LogP contribution < -0.4 is 0 Å². The predicted octanol–water partition coefficient (Wildman–Crippen LogP) is 14.9. The normalized spacial score (nSPS) is 13.4. The third kappa shape index (κ3) is 5.17. The molecule has 0 saturated carbocycles. The van der Waals surface area contributed by atoms with E-state index in [0.717, 1.165) is 71.3 Å². The fourth-order valence-corrected chi connectivity index (χ4v) is 9.45. The average Bonchev–Trinajstić information content (AvgIpc) is 3.91. The number of para-hydroxylation sites is 2. The summed E-state index contributed by atoms with van der Waals surface area (Å²) in [7, 11) is 0. The summed E-state index contributed by atoms with van der Waals surface area (Å²) in [6, 6.07) is 41.3. The summed E-state index contributed by atoms with van der Waals surface area (Å²) < 4.78 is 63.9. The van der Waals surface area contributed by atoms with Gasteiger partial charge in [-0.05, 0) is 94.1 Å². The third-order valence-electron chi connectivity index (χ3n) is 11.0. The van der Waals surface area contributed by atoms with E-state index in [9.17, 15) is 8.22 Å². The smallest absolute Gasteiger partial charge is 0.164 e. The number of thiophene rings is 1. The molecule has 272 valence electrons. The summed E-state index contributed by atoms with van der Waals surface area (Å²) in [5.41, 5.74) is 5.41. The minimum Gasteiger partial charge on any atom is -0.455 e. The van der Waals surface area contributed by atoms with Crippen LogP contribution in [-0.2, 0) is 0 Å². The van der Waals surface area contributed by atoms with Crippen LogP contribution in [-0.4, -0.2) is 15.0 Å². The molecular formula is C53H33N3OS. The summed E-state index contributed by atoms with van der Waals surface area (Å²) in [6.07, 6.45) is 0. The van der Waals surface area contributed by atoms with Crippen LogP contribution in [0.5, 0.6) is 0 Å². The first kappa shape index (κ1) is 27.4. The van der Waals surface area contributed by atoms with Crippen molar-refractivity contribution < 1.29 is 12.6 Å². The van der Waals surface area contributed by atoms with Gasteiger partial charge in [-0.3, -0.25) is 0 Å². The van der Waals surface area contributed by atoms with Crippen LogP contribution in [0, 0.1) is 13.8 Å². The summed E-state index contributed by atoms with van der Waals surface area (Å²) in [6.45, 7) is 4.02. The van der Waals surface area contributed by atoms with E-state index >= 15 is 0 Å². The molecule has 3 aromatic heterocycles. The Labute approximate surface area is 346 Å². The second-order valence-corrected chi connectivity index (χ2v) is 15.8. The van der Waals surface area contributed by atoms with Gasteiger partial charge in [0.2, 0.25) is 0 Å². The van der Waals surface area contributed by atoms with Gasteiger partial charge in [0, 0.05) is 53.2 Å². The van der Waals surface area contributed by atoms with Crippen LogP contribution in [0.25, 0.3) is 120 Å². The van der Waals surface area contributed by atoms with E-state index in [-0.39, 0.29) is 64.0 Å². The Hall–Kier alpha value is -7.21. The van der Waals surface area contributed by atoms with Crippen molar-refractivity contribution in [2.45, 2.75) is 13.8 Å². The minimum atomic E-state index is -0.279. The molecule has 12 aromatic rings. The van der Waals surface area contributed by atoms with Crippen molar-refractivity contribution in [3.05, 3.63) is 175 Å². The summed E-state index contributed by atoms with van der Waals surface area (Å²) in [4.78, 5) is 15.0. The third-order valence-corrected chi connectivity index (χ3v) is 12.0. The highest BCUT2D eigenvalue weighted by Crippen LogP contribution is 2.42. The molecule has 3 heterocycles. The monoisotopic (exact) mass is 765 g/mol. The highest BCUT2D eigenvalue weighted by Gasteiger charge is 2.18. The number of aromatic nitrogens is 3.